The Bertz CT molecular complexity index is 1030. The van der Waals surface area contributed by atoms with E-state index in [9.17, 15) is 13.2 Å². The molecule has 1 unspecified atom stereocenters. The molecule has 0 fully saturated rings. The average Bonchev–Trinajstić information content (AvgIpc) is 2.79. The Morgan fingerprint density at radius 3 is 2.03 bits per heavy atom. The highest BCUT2D eigenvalue weighted by molar-refractivity contribution is 7.89. The van der Waals surface area contributed by atoms with E-state index in [1.165, 1.54) is 16.4 Å². The Morgan fingerprint density at radius 2 is 1.47 bits per heavy atom. The first-order chi connectivity index (χ1) is 14.5. The summed E-state index contributed by atoms with van der Waals surface area (Å²) in [5.74, 6) is -0.285. The molecule has 0 aliphatic rings. The van der Waals surface area contributed by atoms with E-state index in [2.05, 4.69) is 10.3 Å². The van der Waals surface area contributed by atoms with Gasteiger partial charge in [-0.3, -0.25) is 9.78 Å². The van der Waals surface area contributed by atoms with Crippen LogP contribution in [0.25, 0.3) is 0 Å². The highest BCUT2D eigenvalue weighted by atomic mass is 32.2. The highest BCUT2D eigenvalue weighted by Crippen LogP contribution is 2.22. The predicted molar refractivity (Wildman–Crippen MR) is 117 cm³/mol. The number of nitrogens with one attached hydrogen (secondary N) is 1. The molecule has 30 heavy (non-hydrogen) atoms. The maximum atomic E-state index is 12.9. The lowest BCUT2D eigenvalue weighted by atomic mass is 9.99. The van der Waals surface area contributed by atoms with Gasteiger partial charge in [0.25, 0.3) is 5.91 Å². The topological polar surface area (TPSA) is 79.4 Å². The van der Waals surface area contributed by atoms with Crippen molar-refractivity contribution in [3.63, 3.8) is 0 Å². The molecule has 6 nitrogen and oxygen atoms in total. The molecule has 0 radical (unpaired) electrons. The lowest BCUT2D eigenvalue weighted by Crippen LogP contribution is -2.31. The van der Waals surface area contributed by atoms with Crippen molar-refractivity contribution in [2.75, 3.05) is 13.1 Å². The van der Waals surface area contributed by atoms with Crippen LogP contribution in [0.4, 0.5) is 0 Å². The number of sulfonamides is 1. The minimum absolute atomic E-state index is 0.177. The third-order valence-electron chi connectivity index (χ3n) is 4.91. The van der Waals surface area contributed by atoms with Gasteiger partial charge in [-0.05, 0) is 47.5 Å². The second-order valence-electron chi connectivity index (χ2n) is 6.71. The molecule has 1 amide bonds. The molecule has 1 N–H and O–H groups in total. The summed E-state index contributed by atoms with van der Waals surface area (Å²) in [6, 6.07) is 19.1. The first kappa shape index (κ1) is 21.7. The molecule has 1 atom stereocenters. The number of pyridine rings is 1. The summed E-state index contributed by atoms with van der Waals surface area (Å²) < 4.78 is 26.7. The van der Waals surface area contributed by atoms with Gasteiger partial charge in [-0.15, -0.1) is 0 Å². The van der Waals surface area contributed by atoms with Crippen LogP contribution in [0.3, 0.4) is 0 Å². The smallest absolute Gasteiger partial charge is 0.252 e. The van der Waals surface area contributed by atoms with E-state index in [1.807, 2.05) is 42.5 Å². The largest absolute Gasteiger partial charge is 0.341 e. The molecule has 0 saturated heterocycles. The molecule has 1 heterocycles. The third kappa shape index (κ3) is 4.75. The van der Waals surface area contributed by atoms with Gasteiger partial charge in [-0.1, -0.05) is 44.2 Å². The van der Waals surface area contributed by atoms with Crippen molar-refractivity contribution in [3.05, 3.63) is 95.8 Å². The molecule has 2 aromatic carbocycles. The molecule has 0 saturated carbocycles. The summed E-state index contributed by atoms with van der Waals surface area (Å²) in [5.41, 5.74) is 2.24. The van der Waals surface area contributed by atoms with Crippen molar-refractivity contribution in [1.29, 1.82) is 0 Å². The van der Waals surface area contributed by atoms with Crippen LogP contribution in [0.1, 0.15) is 41.4 Å². The van der Waals surface area contributed by atoms with E-state index in [1.54, 1.807) is 38.4 Å². The maximum absolute atomic E-state index is 12.9. The van der Waals surface area contributed by atoms with E-state index in [-0.39, 0.29) is 16.8 Å². The van der Waals surface area contributed by atoms with E-state index in [0.717, 1.165) is 11.1 Å². The number of amides is 1. The van der Waals surface area contributed by atoms with E-state index >= 15 is 0 Å². The zero-order valence-corrected chi connectivity index (χ0v) is 17.8. The van der Waals surface area contributed by atoms with Gasteiger partial charge in [0.1, 0.15) is 0 Å². The molecule has 0 spiro atoms. The number of benzene rings is 2. The fourth-order valence-corrected chi connectivity index (χ4v) is 4.72. The Labute approximate surface area is 177 Å². The molecule has 156 valence electrons. The fourth-order valence-electron chi connectivity index (χ4n) is 3.27. The SMILES string of the molecule is CCN(CC)S(=O)(=O)c1ccc(C(=O)NC(c2ccccc2)c2ccncc2)cc1. The molecule has 0 aliphatic carbocycles. The van der Waals surface area contributed by atoms with Crippen LogP contribution in [0.2, 0.25) is 0 Å². The number of carbonyl (C=O) groups excluding carboxylic acids is 1. The van der Waals surface area contributed by atoms with Crippen molar-refractivity contribution in [2.45, 2.75) is 24.8 Å². The maximum Gasteiger partial charge on any atom is 0.252 e. The number of hydrogen-bond acceptors (Lipinski definition) is 4. The number of nitrogens with zero attached hydrogens (tertiary/aromatic N) is 2. The van der Waals surface area contributed by atoms with Crippen molar-refractivity contribution in [1.82, 2.24) is 14.6 Å². The molecular formula is C23H25N3O3S. The highest BCUT2D eigenvalue weighted by Gasteiger charge is 2.22. The Kier molecular flexibility index (Phi) is 6.97. The summed E-state index contributed by atoms with van der Waals surface area (Å²) in [7, 11) is -3.56. The van der Waals surface area contributed by atoms with Crippen molar-refractivity contribution in [3.8, 4) is 0 Å². The zero-order chi connectivity index (χ0) is 21.6. The van der Waals surface area contributed by atoms with Gasteiger partial charge in [0.05, 0.1) is 10.9 Å². The predicted octanol–water partition coefficient (Wildman–Crippen LogP) is 3.63. The molecular weight excluding hydrogens is 398 g/mol. The normalized spacial score (nSPS) is 12.5. The van der Waals surface area contributed by atoms with Gasteiger partial charge in [0, 0.05) is 31.0 Å². The van der Waals surface area contributed by atoms with Gasteiger partial charge >= 0.3 is 0 Å². The average molecular weight is 424 g/mol. The van der Waals surface area contributed by atoms with Crippen LogP contribution in [0, 0.1) is 0 Å². The van der Waals surface area contributed by atoms with Crippen molar-refractivity contribution in [2.24, 2.45) is 0 Å². The molecule has 3 aromatic rings. The van der Waals surface area contributed by atoms with Gasteiger partial charge < -0.3 is 5.32 Å². The third-order valence-corrected chi connectivity index (χ3v) is 6.97. The monoisotopic (exact) mass is 423 g/mol. The lowest BCUT2D eigenvalue weighted by Gasteiger charge is -2.20. The number of rotatable bonds is 8. The van der Waals surface area contributed by atoms with Crippen LogP contribution in [-0.4, -0.2) is 36.7 Å². The Morgan fingerprint density at radius 1 is 0.900 bits per heavy atom. The fraction of sp³-hybridized carbons (Fsp3) is 0.217. The van der Waals surface area contributed by atoms with Gasteiger partial charge in [0.15, 0.2) is 0 Å². The second-order valence-corrected chi connectivity index (χ2v) is 8.65. The number of carbonyl (C=O) groups is 1. The number of hydrogen-bond donors (Lipinski definition) is 1. The summed E-state index contributed by atoms with van der Waals surface area (Å²) >= 11 is 0. The van der Waals surface area contributed by atoms with Crippen LogP contribution < -0.4 is 5.32 Å². The second kappa shape index (κ2) is 9.65. The van der Waals surface area contributed by atoms with Gasteiger partial charge in [-0.2, -0.15) is 4.31 Å². The van der Waals surface area contributed by atoms with Crippen LogP contribution >= 0.6 is 0 Å². The van der Waals surface area contributed by atoms with E-state index in [4.69, 9.17) is 0 Å². The first-order valence-electron chi connectivity index (χ1n) is 9.83. The molecule has 0 bridgehead atoms. The summed E-state index contributed by atoms with van der Waals surface area (Å²) in [6.07, 6.45) is 3.37. The van der Waals surface area contributed by atoms with Crippen LogP contribution in [0.5, 0.6) is 0 Å². The van der Waals surface area contributed by atoms with Crippen LogP contribution in [0.15, 0.2) is 84.0 Å². The van der Waals surface area contributed by atoms with E-state index < -0.39 is 10.0 Å². The van der Waals surface area contributed by atoms with Gasteiger partial charge in [-0.25, -0.2) is 8.42 Å². The Balaban J connectivity index is 1.85. The molecule has 7 heteroatoms. The summed E-state index contributed by atoms with van der Waals surface area (Å²) in [5, 5.41) is 3.04. The van der Waals surface area contributed by atoms with Crippen molar-refractivity contribution >= 4 is 15.9 Å². The van der Waals surface area contributed by atoms with Crippen LogP contribution in [-0.2, 0) is 10.0 Å². The summed E-state index contributed by atoms with van der Waals surface area (Å²) in [6.45, 7) is 4.38. The summed E-state index contributed by atoms with van der Waals surface area (Å²) in [4.78, 5) is 17.1. The van der Waals surface area contributed by atoms with Crippen molar-refractivity contribution < 1.29 is 13.2 Å². The van der Waals surface area contributed by atoms with E-state index in [0.29, 0.717) is 18.7 Å². The minimum atomic E-state index is -3.56. The first-order valence-corrected chi connectivity index (χ1v) is 11.3. The minimum Gasteiger partial charge on any atom is -0.341 e. The molecule has 1 aromatic heterocycles. The Hall–Kier alpha value is -3.03. The zero-order valence-electron chi connectivity index (χ0n) is 17.0. The molecule has 3 rings (SSSR count). The molecule has 0 aliphatic heterocycles. The lowest BCUT2D eigenvalue weighted by molar-refractivity contribution is 0.0943. The number of aromatic nitrogens is 1. The van der Waals surface area contributed by atoms with Gasteiger partial charge in [0.2, 0.25) is 10.0 Å². The quantitative estimate of drug-likeness (QED) is 0.600. The standard InChI is InChI=1S/C23H25N3O3S/c1-3-26(4-2)30(28,29)21-12-10-20(11-13-21)23(27)25-22(18-8-6-5-7-9-18)19-14-16-24-17-15-19/h5-17,22H,3-4H2,1-2H3,(H,25,27).